The van der Waals surface area contributed by atoms with Crippen molar-refractivity contribution in [1.29, 1.82) is 0 Å². The molecule has 7 nitrogen and oxygen atoms in total. The zero-order valence-corrected chi connectivity index (χ0v) is 16.4. The Morgan fingerprint density at radius 1 is 1.03 bits per heavy atom. The zero-order chi connectivity index (χ0) is 20.3. The summed E-state index contributed by atoms with van der Waals surface area (Å²) in [5.41, 5.74) is 1.53. The van der Waals surface area contributed by atoms with E-state index in [1.807, 2.05) is 71.4 Å². The second kappa shape index (κ2) is 7.94. The van der Waals surface area contributed by atoms with E-state index in [2.05, 4.69) is 20.8 Å². The fourth-order valence-electron chi connectivity index (χ4n) is 3.44. The average molecular weight is 399 g/mol. The third kappa shape index (κ3) is 3.87. The number of hydrogen-bond donors (Lipinski definition) is 1. The van der Waals surface area contributed by atoms with Crippen molar-refractivity contribution in [1.82, 2.24) is 25.5 Å². The van der Waals surface area contributed by atoms with Crippen LogP contribution in [-0.4, -0.2) is 26.1 Å². The highest BCUT2D eigenvalue weighted by atomic mass is 16.5. The van der Waals surface area contributed by atoms with Crippen molar-refractivity contribution < 1.29 is 9.53 Å². The topological polar surface area (TPSA) is 81.9 Å². The van der Waals surface area contributed by atoms with Gasteiger partial charge in [-0.1, -0.05) is 54.6 Å². The number of carbonyl (C=O) groups is 1. The van der Waals surface area contributed by atoms with Gasteiger partial charge in [-0.15, -0.1) is 5.10 Å². The van der Waals surface area contributed by atoms with Gasteiger partial charge in [-0.25, -0.2) is 4.68 Å². The SMILES string of the molecule is O=C(NCc1ccccc1)c1cc2ccccc2cc1OCc1nnnn1C1CC1. The Bertz CT molecular complexity index is 1180. The molecule has 1 fully saturated rings. The van der Waals surface area contributed by atoms with Gasteiger partial charge in [-0.05, 0) is 51.7 Å². The number of ether oxygens (including phenoxy) is 1. The number of aromatic nitrogens is 4. The van der Waals surface area contributed by atoms with E-state index in [0.29, 0.717) is 29.7 Å². The van der Waals surface area contributed by atoms with E-state index >= 15 is 0 Å². The van der Waals surface area contributed by atoms with Crippen LogP contribution in [0.25, 0.3) is 10.8 Å². The van der Waals surface area contributed by atoms with Crippen molar-refractivity contribution >= 4 is 16.7 Å². The lowest BCUT2D eigenvalue weighted by Crippen LogP contribution is -2.23. The van der Waals surface area contributed by atoms with E-state index in [0.717, 1.165) is 29.2 Å². The molecule has 0 unspecified atom stereocenters. The van der Waals surface area contributed by atoms with E-state index in [9.17, 15) is 4.79 Å². The second-order valence-corrected chi connectivity index (χ2v) is 7.42. The number of hydrogen-bond acceptors (Lipinski definition) is 5. The van der Waals surface area contributed by atoms with Crippen LogP contribution in [0.1, 0.15) is 40.6 Å². The molecule has 0 spiro atoms. The van der Waals surface area contributed by atoms with E-state index in [1.54, 1.807) is 0 Å². The first-order valence-electron chi connectivity index (χ1n) is 10.0. The van der Waals surface area contributed by atoms with Crippen LogP contribution in [0.4, 0.5) is 0 Å². The Kier molecular flexibility index (Phi) is 4.85. The summed E-state index contributed by atoms with van der Waals surface area (Å²) in [5.74, 6) is 1.01. The molecule has 1 heterocycles. The van der Waals surface area contributed by atoms with Crippen molar-refractivity contribution in [3.63, 3.8) is 0 Å². The summed E-state index contributed by atoms with van der Waals surface area (Å²) < 4.78 is 7.87. The van der Waals surface area contributed by atoms with Gasteiger partial charge in [-0.2, -0.15) is 0 Å². The van der Waals surface area contributed by atoms with Crippen LogP contribution < -0.4 is 10.1 Å². The molecule has 5 rings (SSSR count). The molecule has 7 heteroatoms. The van der Waals surface area contributed by atoms with Crippen molar-refractivity contribution in [2.24, 2.45) is 0 Å². The molecule has 0 radical (unpaired) electrons. The number of nitrogens with zero attached hydrogens (tertiary/aromatic N) is 4. The molecule has 0 bridgehead atoms. The van der Waals surface area contributed by atoms with Gasteiger partial charge >= 0.3 is 0 Å². The maximum absolute atomic E-state index is 13.0. The summed E-state index contributed by atoms with van der Waals surface area (Å²) in [5, 5.41) is 16.9. The number of carbonyl (C=O) groups excluding carboxylic acids is 1. The quantitative estimate of drug-likeness (QED) is 0.513. The predicted octanol–water partition coefficient (Wildman–Crippen LogP) is 3.67. The van der Waals surface area contributed by atoms with E-state index in [1.165, 1.54) is 0 Å². The van der Waals surface area contributed by atoms with Crippen LogP contribution in [0.3, 0.4) is 0 Å². The molecule has 3 aromatic carbocycles. The summed E-state index contributed by atoms with van der Waals surface area (Å²) in [4.78, 5) is 13.0. The molecule has 1 N–H and O–H groups in total. The molecule has 1 aliphatic rings. The average Bonchev–Trinajstić information content (AvgIpc) is 3.53. The van der Waals surface area contributed by atoms with E-state index < -0.39 is 0 Å². The summed E-state index contributed by atoms with van der Waals surface area (Å²) in [6.45, 7) is 0.659. The zero-order valence-electron chi connectivity index (χ0n) is 16.4. The summed E-state index contributed by atoms with van der Waals surface area (Å²) in [6, 6.07) is 21.9. The molecule has 150 valence electrons. The van der Waals surface area contributed by atoms with Gasteiger partial charge in [-0.3, -0.25) is 4.79 Å². The Labute approximate surface area is 173 Å². The molecule has 0 atom stereocenters. The smallest absolute Gasteiger partial charge is 0.255 e. The largest absolute Gasteiger partial charge is 0.485 e. The van der Waals surface area contributed by atoms with Crippen LogP contribution in [0.2, 0.25) is 0 Å². The van der Waals surface area contributed by atoms with Gasteiger partial charge in [0, 0.05) is 6.54 Å². The van der Waals surface area contributed by atoms with Gasteiger partial charge in [0.25, 0.3) is 5.91 Å². The third-order valence-corrected chi connectivity index (χ3v) is 5.20. The van der Waals surface area contributed by atoms with Crippen LogP contribution in [0.5, 0.6) is 5.75 Å². The summed E-state index contributed by atoms with van der Waals surface area (Å²) >= 11 is 0. The number of fused-ring (bicyclic) bond motifs is 1. The first-order chi connectivity index (χ1) is 14.8. The highest BCUT2D eigenvalue weighted by Gasteiger charge is 2.28. The minimum atomic E-state index is -0.179. The number of nitrogens with one attached hydrogen (secondary N) is 1. The molecule has 0 saturated heterocycles. The normalized spacial score (nSPS) is 13.3. The first-order valence-corrected chi connectivity index (χ1v) is 10.0. The number of amides is 1. The van der Waals surface area contributed by atoms with Gasteiger partial charge in [0.1, 0.15) is 12.4 Å². The Morgan fingerprint density at radius 3 is 2.53 bits per heavy atom. The summed E-state index contributed by atoms with van der Waals surface area (Å²) in [6.07, 6.45) is 2.17. The van der Waals surface area contributed by atoms with Crippen LogP contribution >= 0.6 is 0 Å². The molecule has 1 saturated carbocycles. The minimum absolute atomic E-state index is 0.179. The number of benzene rings is 3. The molecule has 4 aromatic rings. The monoisotopic (exact) mass is 399 g/mol. The first kappa shape index (κ1) is 18.3. The maximum atomic E-state index is 13.0. The lowest BCUT2D eigenvalue weighted by atomic mass is 10.1. The van der Waals surface area contributed by atoms with Crippen LogP contribution in [0.15, 0.2) is 66.7 Å². The van der Waals surface area contributed by atoms with Crippen molar-refractivity contribution in [3.8, 4) is 5.75 Å². The predicted molar refractivity (Wildman–Crippen MR) is 112 cm³/mol. The Hall–Kier alpha value is -3.74. The lowest BCUT2D eigenvalue weighted by Gasteiger charge is -2.13. The Balaban J connectivity index is 1.40. The number of tetrazole rings is 1. The van der Waals surface area contributed by atoms with Crippen molar-refractivity contribution in [2.45, 2.75) is 32.0 Å². The fraction of sp³-hybridized carbons (Fsp3) is 0.217. The minimum Gasteiger partial charge on any atom is -0.485 e. The number of rotatable bonds is 7. The molecule has 0 aliphatic heterocycles. The van der Waals surface area contributed by atoms with Gasteiger partial charge in [0.15, 0.2) is 5.82 Å². The fourth-order valence-corrected chi connectivity index (χ4v) is 3.44. The molecule has 1 aromatic heterocycles. The van der Waals surface area contributed by atoms with Crippen molar-refractivity contribution in [3.05, 3.63) is 83.7 Å². The van der Waals surface area contributed by atoms with Crippen LogP contribution in [-0.2, 0) is 13.2 Å². The van der Waals surface area contributed by atoms with Crippen LogP contribution in [0, 0.1) is 0 Å². The van der Waals surface area contributed by atoms with Gasteiger partial charge < -0.3 is 10.1 Å². The third-order valence-electron chi connectivity index (χ3n) is 5.20. The molecular formula is C23H21N5O2. The highest BCUT2D eigenvalue weighted by Crippen LogP contribution is 2.34. The molecule has 30 heavy (non-hydrogen) atoms. The van der Waals surface area contributed by atoms with Gasteiger partial charge in [0.05, 0.1) is 11.6 Å². The second-order valence-electron chi connectivity index (χ2n) is 7.42. The summed E-state index contributed by atoms with van der Waals surface area (Å²) in [7, 11) is 0. The van der Waals surface area contributed by atoms with Crippen molar-refractivity contribution in [2.75, 3.05) is 0 Å². The van der Waals surface area contributed by atoms with Gasteiger partial charge in [0.2, 0.25) is 0 Å². The van der Waals surface area contributed by atoms with E-state index in [4.69, 9.17) is 4.74 Å². The van der Waals surface area contributed by atoms with E-state index in [-0.39, 0.29) is 12.5 Å². The highest BCUT2D eigenvalue weighted by molar-refractivity contribution is 6.01. The molecule has 1 amide bonds. The standard InChI is InChI=1S/C23H21N5O2/c29-23(24-14-16-6-2-1-3-7-16)20-12-17-8-4-5-9-18(17)13-21(20)30-15-22-25-26-27-28(22)19-10-11-19/h1-9,12-13,19H,10-11,14-15H2,(H,24,29). The molecule has 1 aliphatic carbocycles. The maximum Gasteiger partial charge on any atom is 0.255 e. The lowest BCUT2D eigenvalue weighted by molar-refractivity contribution is 0.0946. The Morgan fingerprint density at radius 2 is 1.77 bits per heavy atom. The molecular weight excluding hydrogens is 378 g/mol.